The number of hydrogen-bond donors (Lipinski definition) is 1. The zero-order chi connectivity index (χ0) is 19.0. The fourth-order valence-corrected chi connectivity index (χ4v) is 4.09. The quantitative estimate of drug-likeness (QED) is 0.672. The molecule has 0 radical (unpaired) electrons. The van der Waals surface area contributed by atoms with Gasteiger partial charge in [0.15, 0.2) is 0 Å². The summed E-state index contributed by atoms with van der Waals surface area (Å²) in [7, 11) is 0. The summed E-state index contributed by atoms with van der Waals surface area (Å²) >= 11 is 7.28. The highest BCUT2D eigenvalue weighted by molar-refractivity contribution is 8.01. The number of ether oxygens (including phenoxy) is 1. The fourth-order valence-electron chi connectivity index (χ4n) is 2.85. The van der Waals surface area contributed by atoms with Gasteiger partial charge in [-0.3, -0.25) is 9.59 Å². The summed E-state index contributed by atoms with van der Waals surface area (Å²) in [5.41, 5.74) is 3.24. The monoisotopic (exact) mass is 401 g/mol. The average Bonchev–Trinajstić information content (AvgIpc) is 3.03. The van der Waals surface area contributed by atoms with Gasteiger partial charge in [-0.2, -0.15) is 0 Å². The van der Waals surface area contributed by atoms with Crippen LogP contribution in [-0.4, -0.2) is 26.5 Å². The summed E-state index contributed by atoms with van der Waals surface area (Å²) < 4.78 is 7.21. The first-order valence-corrected chi connectivity index (χ1v) is 9.60. The van der Waals surface area contributed by atoms with E-state index in [2.05, 4.69) is 10.3 Å². The Kier molecular flexibility index (Phi) is 4.80. The maximum atomic E-state index is 12.2. The van der Waals surface area contributed by atoms with Gasteiger partial charge in [-0.1, -0.05) is 17.7 Å². The lowest BCUT2D eigenvalue weighted by molar-refractivity contribution is -0.145. The van der Waals surface area contributed by atoms with Crippen LogP contribution in [0.3, 0.4) is 0 Å². The molecule has 138 valence electrons. The van der Waals surface area contributed by atoms with E-state index in [1.54, 1.807) is 12.1 Å². The number of halogens is 1. The topological polar surface area (TPSA) is 72.7 Å². The van der Waals surface area contributed by atoms with E-state index in [-0.39, 0.29) is 18.9 Å². The fraction of sp³-hybridized carbons (Fsp3) is 0.211. The van der Waals surface area contributed by atoms with Crippen LogP contribution in [-0.2, 0) is 20.9 Å². The molecule has 1 aliphatic heterocycles. The Labute approximate surface area is 164 Å². The van der Waals surface area contributed by atoms with Gasteiger partial charge in [-0.05, 0) is 36.8 Å². The highest BCUT2D eigenvalue weighted by Crippen LogP contribution is 2.38. The second-order valence-electron chi connectivity index (χ2n) is 6.31. The summed E-state index contributed by atoms with van der Waals surface area (Å²) in [5.74, 6) is -0.664. The van der Waals surface area contributed by atoms with E-state index in [0.717, 1.165) is 16.1 Å². The first-order chi connectivity index (χ1) is 13.0. The molecule has 0 aliphatic carbocycles. The Bertz CT molecular complexity index is 1050. The van der Waals surface area contributed by atoms with Crippen LogP contribution in [0.15, 0.2) is 47.6 Å². The molecule has 1 N–H and O–H groups in total. The van der Waals surface area contributed by atoms with Crippen molar-refractivity contribution in [2.75, 3.05) is 5.32 Å². The lowest BCUT2D eigenvalue weighted by Crippen LogP contribution is -2.31. The maximum absolute atomic E-state index is 12.2. The standard InChI is InChI=1S/C19H16ClN3O3S/c1-11-2-5-17-21-13(9-23(17)8-11)10-26-18(24)7-16-19(25)22-14-6-12(20)3-4-15(14)27-16/h2-6,8-9,16H,7,10H2,1H3,(H,22,25)/t16-/m1/s1. The number of esters is 1. The van der Waals surface area contributed by atoms with Crippen molar-refractivity contribution in [1.82, 2.24) is 9.38 Å². The number of pyridine rings is 1. The van der Waals surface area contributed by atoms with Crippen LogP contribution in [0.1, 0.15) is 17.7 Å². The molecule has 0 spiro atoms. The van der Waals surface area contributed by atoms with Gasteiger partial charge in [0.2, 0.25) is 5.91 Å². The molecule has 0 bridgehead atoms. The predicted octanol–water partition coefficient (Wildman–Crippen LogP) is 3.84. The molecule has 27 heavy (non-hydrogen) atoms. The lowest BCUT2D eigenvalue weighted by Gasteiger charge is -2.23. The molecule has 1 amide bonds. The third-order valence-electron chi connectivity index (χ3n) is 4.14. The molecule has 3 aromatic rings. The van der Waals surface area contributed by atoms with Gasteiger partial charge < -0.3 is 14.5 Å². The molecular formula is C19H16ClN3O3S. The number of rotatable bonds is 4. The van der Waals surface area contributed by atoms with Crippen LogP contribution in [0.25, 0.3) is 5.65 Å². The number of amides is 1. The molecule has 1 aliphatic rings. The van der Waals surface area contributed by atoms with Gasteiger partial charge in [-0.25, -0.2) is 4.98 Å². The van der Waals surface area contributed by atoms with E-state index in [9.17, 15) is 9.59 Å². The Hall–Kier alpha value is -2.51. The molecular weight excluding hydrogens is 386 g/mol. The first-order valence-electron chi connectivity index (χ1n) is 8.35. The van der Waals surface area contributed by atoms with Crippen LogP contribution in [0.2, 0.25) is 5.02 Å². The third-order valence-corrected chi connectivity index (χ3v) is 5.65. The summed E-state index contributed by atoms with van der Waals surface area (Å²) in [6.07, 6.45) is 3.78. The number of fused-ring (bicyclic) bond motifs is 2. The molecule has 0 fully saturated rings. The maximum Gasteiger partial charge on any atom is 0.307 e. The van der Waals surface area contributed by atoms with Crippen molar-refractivity contribution in [3.63, 3.8) is 0 Å². The zero-order valence-corrected chi connectivity index (χ0v) is 16.0. The van der Waals surface area contributed by atoms with E-state index in [4.69, 9.17) is 16.3 Å². The Morgan fingerprint density at radius 3 is 3.04 bits per heavy atom. The molecule has 0 unspecified atom stereocenters. The van der Waals surface area contributed by atoms with E-state index >= 15 is 0 Å². The summed E-state index contributed by atoms with van der Waals surface area (Å²) in [5, 5.41) is 2.80. The molecule has 1 aromatic carbocycles. The van der Waals surface area contributed by atoms with E-state index in [0.29, 0.717) is 16.4 Å². The smallest absolute Gasteiger partial charge is 0.307 e. The normalized spacial score (nSPS) is 16.1. The minimum absolute atomic E-state index is 0.00888. The number of hydrogen-bond acceptors (Lipinski definition) is 5. The number of carbonyl (C=O) groups excluding carboxylic acids is 2. The van der Waals surface area contributed by atoms with Crippen LogP contribution in [0.4, 0.5) is 5.69 Å². The second kappa shape index (κ2) is 7.25. The number of imidazole rings is 1. The molecule has 1 atom stereocenters. The van der Waals surface area contributed by atoms with Gasteiger partial charge in [0.25, 0.3) is 0 Å². The first kappa shape index (κ1) is 17.9. The average molecular weight is 402 g/mol. The van der Waals surface area contributed by atoms with Crippen molar-refractivity contribution in [3.05, 3.63) is 59.0 Å². The second-order valence-corrected chi connectivity index (χ2v) is 7.99. The summed E-state index contributed by atoms with van der Waals surface area (Å²) in [6, 6.07) is 9.17. The highest BCUT2D eigenvalue weighted by atomic mass is 35.5. The molecule has 4 rings (SSSR count). The van der Waals surface area contributed by atoms with Crippen LogP contribution in [0.5, 0.6) is 0 Å². The summed E-state index contributed by atoms with van der Waals surface area (Å²) in [6.45, 7) is 2.07. The molecule has 6 nitrogen and oxygen atoms in total. The van der Waals surface area contributed by atoms with Crippen LogP contribution in [0, 0.1) is 6.92 Å². The summed E-state index contributed by atoms with van der Waals surface area (Å²) in [4.78, 5) is 29.7. The molecule has 0 saturated heterocycles. The van der Waals surface area contributed by atoms with Crippen LogP contribution >= 0.6 is 23.4 Å². The zero-order valence-electron chi connectivity index (χ0n) is 14.4. The van der Waals surface area contributed by atoms with E-state index in [1.165, 1.54) is 11.8 Å². The van der Waals surface area contributed by atoms with Gasteiger partial charge in [-0.15, -0.1) is 11.8 Å². The number of benzene rings is 1. The number of nitrogens with one attached hydrogen (secondary N) is 1. The molecule has 3 heterocycles. The third kappa shape index (κ3) is 3.94. The molecule has 8 heteroatoms. The largest absolute Gasteiger partial charge is 0.459 e. The lowest BCUT2D eigenvalue weighted by atomic mass is 10.2. The Balaban J connectivity index is 1.37. The van der Waals surface area contributed by atoms with Crippen LogP contribution < -0.4 is 5.32 Å². The van der Waals surface area contributed by atoms with Crippen molar-refractivity contribution in [3.8, 4) is 0 Å². The van der Waals surface area contributed by atoms with E-state index in [1.807, 2.05) is 41.9 Å². The van der Waals surface area contributed by atoms with Crippen molar-refractivity contribution < 1.29 is 14.3 Å². The number of anilines is 1. The minimum Gasteiger partial charge on any atom is -0.459 e. The Morgan fingerprint density at radius 2 is 2.19 bits per heavy atom. The van der Waals surface area contributed by atoms with E-state index < -0.39 is 11.2 Å². The van der Waals surface area contributed by atoms with Crippen molar-refractivity contribution in [2.24, 2.45) is 0 Å². The number of nitrogens with zero attached hydrogens (tertiary/aromatic N) is 2. The number of carbonyl (C=O) groups is 2. The van der Waals surface area contributed by atoms with Crippen molar-refractivity contribution in [2.45, 2.75) is 30.1 Å². The number of aryl methyl sites for hydroxylation is 1. The highest BCUT2D eigenvalue weighted by Gasteiger charge is 2.29. The van der Waals surface area contributed by atoms with Crippen molar-refractivity contribution >= 4 is 46.6 Å². The number of thioether (sulfide) groups is 1. The SMILES string of the molecule is Cc1ccc2nc(COC(=O)C[C@H]3Sc4ccc(Cl)cc4NC3=O)cn2c1. The van der Waals surface area contributed by atoms with Gasteiger partial charge in [0.05, 0.1) is 23.1 Å². The molecule has 2 aromatic heterocycles. The van der Waals surface area contributed by atoms with Gasteiger partial charge in [0, 0.05) is 22.3 Å². The number of aromatic nitrogens is 2. The molecule has 0 saturated carbocycles. The van der Waals surface area contributed by atoms with Gasteiger partial charge >= 0.3 is 5.97 Å². The Morgan fingerprint density at radius 1 is 1.33 bits per heavy atom. The van der Waals surface area contributed by atoms with Gasteiger partial charge in [0.1, 0.15) is 12.3 Å². The van der Waals surface area contributed by atoms with Crippen molar-refractivity contribution in [1.29, 1.82) is 0 Å². The minimum atomic E-state index is -0.533. The predicted molar refractivity (Wildman–Crippen MR) is 104 cm³/mol.